The number of halogens is 2. The average Bonchev–Trinajstić information content (AvgIpc) is 2.82. The van der Waals surface area contributed by atoms with Crippen molar-refractivity contribution >= 4 is 17.5 Å². The fraction of sp³-hybridized carbons (Fsp3) is 0.438. The van der Waals surface area contributed by atoms with E-state index in [1.807, 2.05) is 0 Å². The van der Waals surface area contributed by atoms with E-state index in [4.69, 9.17) is 16.0 Å². The van der Waals surface area contributed by atoms with E-state index in [0.29, 0.717) is 23.3 Å². The van der Waals surface area contributed by atoms with Gasteiger partial charge in [0.2, 0.25) is 11.8 Å². The largest absolute Gasteiger partial charge is 0.423 e. The summed E-state index contributed by atoms with van der Waals surface area (Å²) in [6.45, 7) is 2.23. The average molecular weight is 338 g/mol. The molecule has 2 heterocycles. The topological polar surface area (TPSA) is 59.2 Å². The van der Waals surface area contributed by atoms with Gasteiger partial charge in [-0.3, -0.25) is 4.79 Å². The second-order valence-corrected chi connectivity index (χ2v) is 6.08. The number of hydrogen-bond donors (Lipinski definition) is 0. The molecule has 1 aliphatic rings. The molecule has 1 atom stereocenters. The fourth-order valence-electron chi connectivity index (χ4n) is 2.87. The number of hydrogen-bond acceptors (Lipinski definition) is 4. The first-order valence-corrected chi connectivity index (χ1v) is 8.00. The van der Waals surface area contributed by atoms with Crippen molar-refractivity contribution in [1.82, 2.24) is 15.1 Å². The summed E-state index contributed by atoms with van der Waals surface area (Å²) in [5, 5.41) is 8.22. The van der Waals surface area contributed by atoms with Crippen LogP contribution in [0.1, 0.15) is 53.9 Å². The minimum Gasteiger partial charge on any atom is -0.423 e. The molecule has 0 spiro atoms. The van der Waals surface area contributed by atoms with Gasteiger partial charge in [0, 0.05) is 18.5 Å². The zero-order valence-electron chi connectivity index (χ0n) is 12.8. The SMILES string of the molecule is Cc1nnc(C2CCCCCN2C(=O)c2cc(Cl)ccc2F)o1. The second kappa shape index (κ2) is 6.66. The Morgan fingerprint density at radius 2 is 2.17 bits per heavy atom. The number of aryl methyl sites for hydroxylation is 1. The normalized spacial score (nSPS) is 18.7. The molecule has 0 saturated carbocycles. The predicted molar refractivity (Wildman–Crippen MR) is 82.7 cm³/mol. The Balaban J connectivity index is 1.96. The number of aromatic nitrogens is 2. The van der Waals surface area contributed by atoms with Gasteiger partial charge in [-0.15, -0.1) is 10.2 Å². The quantitative estimate of drug-likeness (QED) is 0.833. The molecule has 1 aromatic heterocycles. The molecule has 0 radical (unpaired) electrons. The maximum absolute atomic E-state index is 14.1. The van der Waals surface area contributed by atoms with Gasteiger partial charge >= 0.3 is 0 Å². The number of nitrogens with zero attached hydrogens (tertiary/aromatic N) is 3. The predicted octanol–water partition coefficient (Wildman–Crippen LogP) is 3.93. The maximum atomic E-state index is 14.1. The molecule has 7 heteroatoms. The van der Waals surface area contributed by atoms with Crippen LogP contribution in [-0.2, 0) is 0 Å². The van der Waals surface area contributed by atoms with Gasteiger partial charge in [0.25, 0.3) is 5.91 Å². The summed E-state index contributed by atoms with van der Waals surface area (Å²) < 4.78 is 19.6. The van der Waals surface area contributed by atoms with E-state index < -0.39 is 11.7 Å². The summed E-state index contributed by atoms with van der Waals surface area (Å²) in [6, 6.07) is 3.67. The highest BCUT2D eigenvalue weighted by Crippen LogP contribution is 2.31. The Morgan fingerprint density at radius 3 is 2.91 bits per heavy atom. The van der Waals surface area contributed by atoms with Crippen LogP contribution in [0, 0.1) is 12.7 Å². The molecule has 3 rings (SSSR count). The standard InChI is InChI=1S/C16H17ClFN3O2/c1-10-19-20-15(23-10)14-5-3-2-4-8-21(14)16(22)12-9-11(17)6-7-13(12)18/h6-7,9,14H,2-5,8H2,1H3. The molecule has 1 fully saturated rings. The molecule has 2 aromatic rings. The number of amides is 1. The Morgan fingerprint density at radius 1 is 1.35 bits per heavy atom. The lowest BCUT2D eigenvalue weighted by Gasteiger charge is -2.27. The third-order valence-electron chi connectivity index (χ3n) is 4.00. The van der Waals surface area contributed by atoms with E-state index in [9.17, 15) is 9.18 Å². The van der Waals surface area contributed by atoms with Crippen molar-refractivity contribution < 1.29 is 13.6 Å². The van der Waals surface area contributed by atoms with Crippen molar-refractivity contribution in [3.63, 3.8) is 0 Å². The van der Waals surface area contributed by atoms with Crippen LogP contribution in [0.2, 0.25) is 5.02 Å². The van der Waals surface area contributed by atoms with E-state index in [2.05, 4.69) is 10.2 Å². The Labute approximate surface area is 138 Å². The molecule has 1 aliphatic heterocycles. The molecule has 1 aromatic carbocycles. The third-order valence-corrected chi connectivity index (χ3v) is 4.23. The number of rotatable bonds is 2. The van der Waals surface area contributed by atoms with Gasteiger partial charge < -0.3 is 9.32 Å². The number of carbonyl (C=O) groups excluding carboxylic acids is 1. The van der Waals surface area contributed by atoms with Gasteiger partial charge in [0.05, 0.1) is 5.56 Å². The van der Waals surface area contributed by atoms with Crippen LogP contribution < -0.4 is 0 Å². The molecular weight excluding hydrogens is 321 g/mol. The van der Waals surface area contributed by atoms with E-state index >= 15 is 0 Å². The van der Waals surface area contributed by atoms with Crippen LogP contribution >= 0.6 is 11.6 Å². The Kier molecular flexibility index (Phi) is 4.61. The number of carbonyl (C=O) groups is 1. The first-order chi connectivity index (χ1) is 11.1. The molecule has 1 saturated heterocycles. The van der Waals surface area contributed by atoms with Crippen LogP contribution in [0.5, 0.6) is 0 Å². The van der Waals surface area contributed by atoms with Gasteiger partial charge in [0.1, 0.15) is 11.9 Å². The van der Waals surface area contributed by atoms with Crippen molar-refractivity contribution in [2.45, 2.75) is 38.6 Å². The van der Waals surface area contributed by atoms with Gasteiger partial charge in [-0.1, -0.05) is 24.4 Å². The maximum Gasteiger partial charge on any atom is 0.257 e. The highest BCUT2D eigenvalue weighted by Gasteiger charge is 2.32. The van der Waals surface area contributed by atoms with Crippen molar-refractivity contribution in [1.29, 1.82) is 0 Å². The minimum absolute atomic E-state index is 0.0272. The van der Waals surface area contributed by atoms with Gasteiger partial charge in [0.15, 0.2) is 0 Å². The zero-order valence-corrected chi connectivity index (χ0v) is 13.5. The molecule has 1 amide bonds. The number of likely N-dealkylation sites (tertiary alicyclic amines) is 1. The lowest BCUT2D eigenvalue weighted by atomic mass is 10.1. The lowest BCUT2D eigenvalue weighted by molar-refractivity contribution is 0.0646. The molecule has 1 unspecified atom stereocenters. The summed E-state index contributed by atoms with van der Waals surface area (Å²) in [6.07, 6.45) is 3.53. The Hall–Kier alpha value is -1.95. The number of benzene rings is 1. The molecule has 0 bridgehead atoms. The fourth-order valence-corrected chi connectivity index (χ4v) is 3.04. The summed E-state index contributed by atoms with van der Waals surface area (Å²) in [7, 11) is 0. The first-order valence-electron chi connectivity index (χ1n) is 7.62. The highest BCUT2D eigenvalue weighted by atomic mass is 35.5. The van der Waals surface area contributed by atoms with Gasteiger partial charge in [-0.05, 0) is 31.0 Å². The van der Waals surface area contributed by atoms with Crippen LogP contribution in [0.4, 0.5) is 4.39 Å². The Bertz CT molecular complexity index is 719. The molecular formula is C16H17ClFN3O2. The minimum atomic E-state index is -0.580. The molecule has 23 heavy (non-hydrogen) atoms. The van der Waals surface area contributed by atoms with Gasteiger partial charge in [-0.2, -0.15) is 0 Å². The second-order valence-electron chi connectivity index (χ2n) is 5.65. The van der Waals surface area contributed by atoms with Crippen LogP contribution in [0.3, 0.4) is 0 Å². The zero-order chi connectivity index (χ0) is 16.4. The van der Waals surface area contributed by atoms with Crippen LogP contribution in [0.15, 0.2) is 22.6 Å². The highest BCUT2D eigenvalue weighted by molar-refractivity contribution is 6.31. The van der Waals surface area contributed by atoms with Crippen molar-refractivity contribution in [3.05, 3.63) is 46.4 Å². The lowest BCUT2D eigenvalue weighted by Crippen LogP contribution is -2.35. The molecule has 5 nitrogen and oxygen atoms in total. The van der Waals surface area contributed by atoms with Gasteiger partial charge in [-0.25, -0.2) is 4.39 Å². The van der Waals surface area contributed by atoms with E-state index in [1.54, 1.807) is 11.8 Å². The summed E-state index contributed by atoms with van der Waals surface area (Å²) in [4.78, 5) is 14.5. The smallest absolute Gasteiger partial charge is 0.257 e. The molecule has 0 N–H and O–H groups in total. The summed E-state index contributed by atoms with van der Waals surface area (Å²) >= 11 is 5.91. The monoisotopic (exact) mass is 337 g/mol. The van der Waals surface area contributed by atoms with Crippen molar-refractivity contribution in [2.24, 2.45) is 0 Å². The molecule has 122 valence electrons. The van der Waals surface area contributed by atoms with E-state index in [0.717, 1.165) is 25.7 Å². The van der Waals surface area contributed by atoms with Crippen LogP contribution in [0.25, 0.3) is 0 Å². The van der Waals surface area contributed by atoms with Crippen molar-refractivity contribution in [3.8, 4) is 0 Å². The van der Waals surface area contributed by atoms with Crippen molar-refractivity contribution in [2.75, 3.05) is 6.54 Å². The first kappa shape index (κ1) is 15.9. The van der Waals surface area contributed by atoms with Crippen LogP contribution in [-0.4, -0.2) is 27.5 Å². The van der Waals surface area contributed by atoms with E-state index in [1.165, 1.54) is 18.2 Å². The summed E-state index contributed by atoms with van der Waals surface area (Å²) in [5.41, 5.74) is -0.0272. The molecule has 0 aliphatic carbocycles. The third kappa shape index (κ3) is 3.37. The van der Waals surface area contributed by atoms with E-state index in [-0.39, 0.29) is 11.6 Å². The summed E-state index contributed by atoms with van der Waals surface area (Å²) in [5.74, 6) is -0.123.